The van der Waals surface area contributed by atoms with Crippen LogP contribution in [0.5, 0.6) is 0 Å². The molecule has 0 bridgehead atoms. The first-order chi connectivity index (χ1) is 8.15. The molecule has 1 saturated carbocycles. The van der Waals surface area contributed by atoms with E-state index < -0.39 is 11.9 Å². The van der Waals surface area contributed by atoms with Crippen LogP contribution in [0, 0.1) is 17.8 Å². The van der Waals surface area contributed by atoms with Gasteiger partial charge in [0.05, 0.1) is 11.8 Å². The van der Waals surface area contributed by atoms with Gasteiger partial charge in [-0.05, 0) is 25.2 Å². The molecule has 0 aromatic carbocycles. The maximum Gasteiger partial charge on any atom is 0.309 e. The lowest BCUT2D eigenvalue weighted by Gasteiger charge is -2.15. The van der Waals surface area contributed by atoms with Gasteiger partial charge in [-0.1, -0.05) is 19.8 Å². The van der Waals surface area contributed by atoms with E-state index in [2.05, 4.69) is 6.92 Å². The molecule has 1 aliphatic heterocycles. The maximum absolute atomic E-state index is 12.2. The summed E-state index contributed by atoms with van der Waals surface area (Å²) in [5.74, 6) is -1.05. The minimum Gasteiger partial charge on any atom is -0.481 e. The first kappa shape index (κ1) is 12.4. The number of hydrogen-bond donors (Lipinski definition) is 1. The normalized spacial score (nSPS) is 28.8. The molecule has 0 radical (unpaired) electrons. The van der Waals surface area contributed by atoms with Crippen LogP contribution in [0.3, 0.4) is 0 Å². The number of carboxylic acid groups (broad SMARTS) is 1. The Morgan fingerprint density at radius 2 is 2.12 bits per heavy atom. The number of carbonyl (C=O) groups is 2. The topological polar surface area (TPSA) is 57.6 Å². The number of amides is 1. The molecule has 0 aromatic rings. The Morgan fingerprint density at radius 3 is 2.65 bits per heavy atom. The highest BCUT2D eigenvalue weighted by atomic mass is 16.4. The molecule has 96 valence electrons. The van der Waals surface area contributed by atoms with Crippen LogP contribution < -0.4 is 0 Å². The van der Waals surface area contributed by atoms with Gasteiger partial charge < -0.3 is 10.0 Å². The molecule has 4 heteroatoms. The summed E-state index contributed by atoms with van der Waals surface area (Å²) < 4.78 is 0. The summed E-state index contributed by atoms with van der Waals surface area (Å²) in [7, 11) is 0. The molecule has 0 spiro atoms. The molecule has 4 nitrogen and oxygen atoms in total. The molecule has 2 unspecified atom stereocenters. The summed E-state index contributed by atoms with van der Waals surface area (Å²) >= 11 is 0. The average Bonchev–Trinajstić information content (AvgIpc) is 3.05. The summed E-state index contributed by atoms with van der Waals surface area (Å²) in [6, 6.07) is 0. The van der Waals surface area contributed by atoms with Crippen LogP contribution in [-0.2, 0) is 9.59 Å². The summed E-state index contributed by atoms with van der Waals surface area (Å²) in [5, 5.41) is 9.19. The van der Waals surface area contributed by atoms with Crippen molar-refractivity contribution in [1.82, 2.24) is 4.90 Å². The van der Waals surface area contributed by atoms with Crippen molar-refractivity contribution in [3.8, 4) is 0 Å². The highest BCUT2D eigenvalue weighted by molar-refractivity contribution is 5.89. The molecule has 1 aliphatic carbocycles. The molecular formula is C13H21NO3. The van der Waals surface area contributed by atoms with Crippen LogP contribution in [0.4, 0.5) is 0 Å². The van der Waals surface area contributed by atoms with Gasteiger partial charge in [-0.25, -0.2) is 0 Å². The van der Waals surface area contributed by atoms with E-state index in [1.54, 1.807) is 4.90 Å². The maximum atomic E-state index is 12.2. The van der Waals surface area contributed by atoms with Crippen LogP contribution in [0.15, 0.2) is 0 Å². The van der Waals surface area contributed by atoms with E-state index in [0.717, 1.165) is 38.6 Å². The van der Waals surface area contributed by atoms with Crippen LogP contribution in [0.1, 0.15) is 39.0 Å². The Labute approximate surface area is 102 Å². The molecule has 2 rings (SSSR count). The van der Waals surface area contributed by atoms with Gasteiger partial charge in [0.15, 0.2) is 0 Å². The number of nitrogens with zero attached hydrogens (tertiary/aromatic N) is 1. The Balaban J connectivity index is 1.96. The third-order valence-electron chi connectivity index (χ3n) is 3.93. The van der Waals surface area contributed by atoms with Crippen molar-refractivity contribution < 1.29 is 14.7 Å². The number of hydrogen-bond acceptors (Lipinski definition) is 2. The van der Waals surface area contributed by atoms with Gasteiger partial charge in [-0.3, -0.25) is 9.59 Å². The second-order valence-corrected chi connectivity index (χ2v) is 5.30. The lowest BCUT2D eigenvalue weighted by Crippen LogP contribution is -2.28. The Hall–Kier alpha value is -1.06. The van der Waals surface area contributed by atoms with Crippen LogP contribution >= 0.6 is 0 Å². The summed E-state index contributed by atoms with van der Waals surface area (Å²) in [6.45, 7) is 3.29. The monoisotopic (exact) mass is 239 g/mol. The Kier molecular flexibility index (Phi) is 3.69. The third kappa shape index (κ3) is 2.61. The quantitative estimate of drug-likeness (QED) is 0.718. The Bertz CT molecular complexity index is 312. The van der Waals surface area contributed by atoms with Crippen molar-refractivity contribution in [2.45, 2.75) is 39.0 Å². The number of rotatable bonds is 6. The molecule has 0 aromatic heterocycles. The smallest absolute Gasteiger partial charge is 0.309 e. The zero-order valence-corrected chi connectivity index (χ0v) is 10.4. The molecule has 2 fully saturated rings. The van der Waals surface area contributed by atoms with Gasteiger partial charge in [0.2, 0.25) is 5.91 Å². The van der Waals surface area contributed by atoms with E-state index >= 15 is 0 Å². The van der Waals surface area contributed by atoms with E-state index in [4.69, 9.17) is 0 Å². The fourth-order valence-corrected chi connectivity index (χ4v) is 2.80. The van der Waals surface area contributed by atoms with E-state index in [1.165, 1.54) is 0 Å². The predicted molar refractivity (Wildman–Crippen MR) is 63.4 cm³/mol. The summed E-state index contributed by atoms with van der Waals surface area (Å²) in [5.41, 5.74) is 0. The molecule has 2 atom stereocenters. The highest BCUT2D eigenvalue weighted by Crippen LogP contribution is 2.44. The number of carbonyl (C=O) groups excluding carboxylic acids is 1. The molecule has 17 heavy (non-hydrogen) atoms. The van der Waals surface area contributed by atoms with Crippen molar-refractivity contribution in [2.24, 2.45) is 17.8 Å². The molecule has 1 heterocycles. The number of likely N-dealkylation sites (tertiary alicyclic amines) is 1. The standard InChI is InChI=1S/C13H21NO3/c1-2-3-4-7-14-8-10(13(16)17)11(12(14)15)9-5-6-9/h9-11H,2-8H2,1H3,(H,16,17). The number of carboxylic acids is 1. The van der Waals surface area contributed by atoms with E-state index in [-0.39, 0.29) is 11.8 Å². The Morgan fingerprint density at radius 1 is 1.41 bits per heavy atom. The second kappa shape index (κ2) is 5.07. The highest BCUT2D eigenvalue weighted by Gasteiger charge is 2.50. The first-order valence-corrected chi connectivity index (χ1v) is 6.66. The van der Waals surface area contributed by atoms with Crippen molar-refractivity contribution in [1.29, 1.82) is 0 Å². The third-order valence-corrected chi connectivity index (χ3v) is 3.93. The predicted octanol–water partition coefficient (Wildman–Crippen LogP) is 1.75. The van der Waals surface area contributed by atoms with Crippen LogP contribution in [0.25, 0.3) is 0 Å². The average molecular weight is 239 g/mol. The fraction of sp³-hybridized carbons (Fsp3) is 0.846. The van der Waals surface area contributed by atoms with Gasteiger partial charge in [-0.2, -0.15) is 0 Å². The van der Waals surface area contributed by atoms with E-state index in [9.17, 15) is 14.7 Å². The van der Waals surface area contributed by atoms with Gasteiger partial charge in [0.25, 0.3) is 0 Å². The summed E-state index contributed by atoms with van der Waals surface area (Å²) in [4.78, 5) is 25.1. The molecular weight excluding hydrogens is 218 g/mol. The van der Waals surface area contributed by atoms with Crippen molar-refractivity contribution >= 4 is 11.9 Å². The molecule has 1 N–H and O–H groups in total. The lowest BCUT2D eigenvalue weighted by atomic mass is 9.91. The minimum atomic E-state index is -0.798. The molecule has 1 saturated heterocycles. The second-order valence-electron chi connectivity index (χ2n) is 5.30. The first-order valence-electron chi connectivity index (χ1n) is 6.66. The van der Waals surface area contributed by atoms with E-state index in [1.807, 2.05) is 0 Å². The zero-order chi connectivity index (χ0) is 12.4. The van der Waals surface area contributed by atoms with Gasteiger partial charge >= 0.3 is 5.97 Å². The molecule has 1 amide bonds. The van der Waals surface area contributed by atoms with Crippen molar-refractivity contribution in [3.05, 3.63) is 0 Å². The minimum absolute atomic E-state index is 0.0935. The summed E-state index contributed by atoms with van der Waals surface area (Å²) in [6.07, 6.45) is 5.28. The van der Waals surface area contributed by atoms with Crippen molar-refractivity contribution in [3.63, 3.8) is 0 Å². The van der Waals surface area contributed by atoms with Crippen molar-refractivity contribution in [2.75, 3.05) is 13.1 Å². The van der Waals surface area contributed by atoms with Crippen LogP contribution in [0.2, 0.25) is 0 Å². The largest absolute Gasteiger partial charge is 0.481 e. The number of aliphatic carboxylic acids is 1. The number of unbranched alkanes of at least 4 members (excludes halogenated alkanes) is 2. The molecule has 2 aliphatic rings. The van der Waals surface area contributed by atoms with Gasteiger partial charge in [-0.15, -0.1) is 0 Å². The van der Waals surface area contributed by atoms with Gasteiger partial charge in [0.1, 0.15) is 0 Å². The van der Waals surface area contributed by atoms with Gasteiger partial charge in [0, 0.05) is 13.1 Å². The SMILES string of the molecule is CCCCCN1CC(C(=O)O)C(C2CC2)C1=O. The van der Waals surface area contributed by atoms with Crippen LogP contribution in [-0.4, -0.2) is 35.0 Å². The fourth-order valence-electron chi connectivity index (χ4n) is 2.80. The lowest BCUT2D eigenvalue weighted by molar-refractivity contribution is -0.144. The zero-order valence-electron chi connectivity index (χ0n) is 10.4. The van der Waals surface area contributed by atoms with E-state index in [0.29, 0.717) is 12.5 Å².